The maximum atomic E-state index is 8.14. The second-order valence-electron chi connectivity index (χ2n) is 0.980. The highest BCUT2D eigenvalue weighted by Crippen LogP contribution is 2.01. The fourth-order valence-corrected chi connectivity index (χ4v) is 0.0866. The van der Waals surface area contributed by atoms with Crippen molar-refractivity contribution in [3.8, 4) is 0 Å². The van der Waals surface area contributed by atoms with Crippen LogP contribution in [0.25, 0.3) is 0 Å². The van der Waals surface area contributed by atoms with E-state index in [1.165, 1.54) is 0 Å². The van der Waals surface area contributed by atoms with Crippen LogP contribution in [-0.4, -0.2) is 16.7 Å². The Morgan fingerprint density at radius 1 is 1.83 bits per heavy atom. The van der Waals surface area contributed by atoms with Crippen LogP contribution in [0.2, 0.25) is 6.82 Å². The molecule has 3 nitrogen and oxygen atoms in total. The van der Waals surface area contributed by atoms with Crippen LogP contribution in [-0.2, 0) is 0 Å². The molecule has 0 aliphatic rings. The molecule has 0 aromatic rings. The van der Waals surface area contributed by atoms with Crippen molar-refractivity contribution in [1.29, 1.82) is 0 Å². The van der Waals surface area contributed by atoms with E-state index in [1.807, 2.05) is 5.39 Å². The van der Waals surface area contributed by atoms with Gasteiger partial charge in [0.15, 0.2) is 0 Å². The standard InChI is InChI=1S/CH7BNO2P/c1-2(3-4)6-5/h3-6H,1H3. The largest absolute Gasteiger partial charge is 0.385 e. The molecule has 0 bridgehead atoms. The number of hydrogen-bond acceptors (Lipinski definition) is 3. The number of rotatable bonds is 2. The van der Waals surface area contributed by atoms with Crippen molar-refractivity contribution in [2.24, 2.45) is 0 Å². The summed E-state index contributed by atoms with van der Waals surface area (Å²) in [5.41, 5.74) is 0. The van der Waals surface area contributed by atoms with Gasteiger partial charge in [-0.15, -0.1) is 0 Å². The zero-order chi connectivity index (χ0) is 4.99. The van der Waals surface area contributed by atoms with Crippen LogP contribution >= 0.6 is 8.69 Å². The van der Waals surface area contributed by atoms with Crippen LogP contribution in [0.5, 0.6) is 0 Å². The van der Waals surface area contributed by atoms with Gasteiger partial charge >= 0.3 is 6.57 Å². The van der Waals surface area contributed by atoms with E-state index in [9.17, 15) is 0 Å². The molecule has 1 unspecified atom stereocenters. The Balaban J connectivity index is 2.75. The Morgan fingerprint density at radius 3 is 2.33 bits per heavy atom. The van der Waals surface area contributed by atoms with Crippen molar-refractivity contribution < 1.29 is 10.1 Å². The lowest BCUT2D eigenvalue weighted by Crippen LogP contribution is -2.21. The molecule has 3 N–H and O–H groups in total. The van der Waals surface area contributed by atoms with Crippen molar-refractivity contribution in [2.75, 3.05) is 0 Å². The summed E-state index contributed by atoms with van der Waals surface area (Å²) in [6, 6.07) is 0. The van der Waals surface area contributed by atoms with Gasteiger partial charge in [-0.2, -0.15) is 0 Å². The van der Waals surface area contributed by atoms with E-state index in [0.717, 1.165) is 0 Å². The van der Waals surface area contributed by atoms with Crippen molar-refractivity contribution in [3.63, 3.8) is 0 Å². The normalized spacial score (nSPS) is 10.5. The minimum absolute atomic E-state index is 0.176. The van der Waals surface area contributed by atoms with E-state index in [-0.39, 0.29) is 15.3 Å². The molecule has 0 saturated carbocycles. The first-order chi connectivity index (χ1) is 2.81. The predicted molar refractivity (Wildman–Crippen MR) is 27.1 cm³/mol. The van der Waals surface area contributed by atoms with Gasteiger partial charge in [0.25, 0.3) is 0 Å². The Bertz CT molecular complexity index is 32.7. The topological polar surface area (TPSA) is 52.5 Å². The molecule has 0 fully saturated rings. The van der Waals surface area contributed by atoms with E-state index in [4.69, 9.17) is 10.1 Å². The lowest BCUT2D eigenvalue weighted by molar-refractivity contribution is 0.244. The van der Waals surface area contributed by atoms with Crippen LogP contribution in [0.15, 0.2) is 0 Å². The Labute approximate surface area is 38.6 Å². The summed E-state index contributed by atoms with van der Waals surface area (Å²) in [5, 5.41) is 9.81. The van der Waals surface area contributed by atoms with Gasteiger partial charge in [-0.05, 0) is 8.69 Å². The average molecular weight is 107 g/mol. The second-order valence-corrected chi connectivity index (χ2v) is 2.10. The third-order valence-corrected chi connectivity index (χ3v) is 0.904. The van der Waals surface area contributed by atoms with Gasteiger partial charge in [-0.1, -0.05) is 6.82 Å². The Kier molecular flexibility index (Phi) is 3.78. The zero-order valence-electron chi connectivity index (χ0n) is 3.47. The molecule has 36 valence electrons. The fraction of sp³-hybridized carbons (Fsp3) is 1.00. The maximum absolute atomic E-state index is 8.14. The first-order valence-electron chi connectivity index (χ1n) is 1.60. The van der Waals surface area contributed by atoms with Crippen molar-refractivity contribution >= 4 is 15.3 Å². The van der Waals surface area contributed by atoms with Gasteiger partial charge < -0.3 is 10.1 Å². The molecule has 0 aromatic carbocycles. The van der Waals surface area contributed by atoms with Gasteiger partial charge in [0.05, 0.1) is 0 Å². The molecule has 0 heterocycles. The first-order valence-corrected chi connectivity index (χ1v) is 2.63. The van der Waals surface area contributed by atoms with E-state index < -0.39 is 0 Å². The third kappa shape index (κ3) is 2.60. The van der Waals surface area contributed by atoms with Crippen LogP contribution in [0, 0.1) is 0 Å². The highest BCUT2D eigenvalue weighted by molar-refractivity contribution is 7.70. The number of hydrogen-bond donors (Lipinski definition) is 3. The predicted octanol–water partition coefficient (Wildman–Crippen LogP) is -0.331. The summed E-state index contributed by atoms with van der Waals surface area (Å²) in [7, 11) is -0.230. The van der Waals surface area contributed by atoms with Gasteiger partial charge in [-0.3, -0.25) is 0 Å². The maximum Gasteiger partial charge on any atom is 0.302 e. The van der Waals surface area contributed by atoms with E-state index in [0.29, 0.717) is 0 Å². The van der Waals surface area contributed by atoms with Crippen LogP contribution in [0.3, 0.4) is 0 Å². The molecular weight excluding hydrogens is 99.8 g/mol. The quantitative estimate of drug-likeness (QED) is 0.257. The lowest BCUT2D eigenvalue weighted by Gasteiger charge is -1.94. The smallest absolute Gasteiger partial charge is 0.302 e. The van der Waals surface area contributed by atoms with Gasteiger partial charge in [0, 0.05) is 0 Å². The minimum Gasteiger partial charge on any atom is -0.385 e. The van der Waals surface area contributed by atoms with Gasteiger partial charge in [0.2, 0.25) is 0 Å². The molecule has 0 rings (SSSR count). The summed E-state index contributed by atoms with van der Waals surface area (Å²) >= 11 is 0. The van der Waals surface area contributed by atoms with E-state index in [1.54, 1.807) is 6.82 Å². The first kappa shape index (κ1) is 6.37. The molecule has 0 radical (unpaired) electrons. The lowest BCUT2D eigenvalue weighted by atomic mass is 10.0. The zero-order valence-corrected chi connectivity index (χ0v) is 4.47. The van der Waals surface area contributed by atoms with Crippen molar-refractivity contribution in [1.82, 2.24) is 5.39 Å². The van der Waals surface area contributed by atoms with E-state index in [2.05, 4.69) is 0 Å². The Morgan fingerprint density at radius 2 is 2.33 bits per heavy atom. The summed E-state index contributed by atoms with van der Waals surface area (Å²) in [5.74, 6) is 0. The molecule has 0 aliphatic heterocycles. The van der Waals surface area contributed by atoms with Crippen molar-refractivity contribution in [2.45, 2.75) is 6.82 Å². The van der Waals surface area contributed by atoms with Gasteiger partial charge in [-0.25, -0.2) is 5.39 Å². The second kappa shape index (κ2) is 3.56. The summed E-state index contributed by atoms with van der Waals surface area (Å²) in [6.45, 7) is 1.50. The summed E-state index contributed by atoms with van der Waals surface area (Å²) in [4.78, 5) is 8.14. The highest BCUT2D eigenvalue weighted by Gasteiger charge is 1.99. The fourth-order valence-electron chi connectivity index (χ4n) is 0.0289. The molecule has 0 amide bonds. The van der Waals surface area contributed by atoms with E-state index >= 15 is 0 Å². The monoisotopic (exact) mass is 107 g/mol. The van der Waals surface area contributed by atoms with Gasteiger partial charge in [0.1, 0.15) is 0 Å². The molecule has 5 heteroatoms. The van der Waals surface area contributed by atoms with Crippen molar-refractivity contribution in [3.05, 3.63) is 0 Å². The molecule has 0 aromatic heterocycles. The molecular formula is CH7BNO2P. The molecule has 6 heavy (non-hydrogen) atoms. The average Bonchev–Trinajstić information content (AvgIpc) is 1.65. The van der Waals surface area contributed by atoms with Crippen LogP contribution in [0.1, 0.15) is 0 Å². The molecule has 1 atom stereocenters. The highest BCUT2D eigenvalue weighted by atomic mass is 31.1. The SMILES string of the molecule is CB(NO)PO. The van der Waals surface area contributed by atoms with Crippen LogP contribution in [0.4, 0.5) is 0 Å². The summed E-state index contributed by atoms with van der Waals surface area (Å²) < 4.78 is 0. The molecule has 0 aliphatic carbocycles. The molecule has 0 spiro atoms. The molecule has 0 saturated heterocycles. The Hall–Kier alpha value is 0.375. The summed E-state index contributed by atoms with van der Waals surface area (Å²) in [6.07, 6.45) is 0. The number of nitrogens with one attached hydrogen (secondary N) is 1. The minimum atomic E-state index is -0.230. The third-order valence-electron chi connectivity index (χ3n) is 0.387. The van der Waals surface area contributed by atoms with Crippen LogP contribution < -0.4 is 5.39 Å².